The zero-order valence-electron chi connectivity index (χ0n) is 11.0. The van der Waals surface area contributed by atoms with Gasteiger partial charge in [0, 0.05) is 18.3 Å². The number of carboxylic acid groups (broad SMARTS) is 1. The molecule has 4 nitrogen and oxygen atoms in total. The Balaban J connectivity index is 1.97. The number of carboxylic acids is 1. The molecule has 5 heteroatoms. The number of nitrogens with zero attached hydrogens (tertiary/aromatic N) is 1. The second-order valence-electron chi connectivity index (χ2n) is 5.07. The van der Waals surface area contributed by atoms with Crippen molar-refractivity contribution in [3.8, 4) is 0 Å². The number of aromatic carboxylic acids is 1. The third kappa shape index (κ3) is 2.63. The van der Waals surface area contributed by atoms with Crippen LogP contribution in [-0.2, 0) is 6.54 Å². The van der Waals surface area contributed by atoms with Crippen molar-refractivity contribution < 1.29 is 9.90 Å². The van der Waals surface area contributed by atoms with E-state index in [1.165, 1.54) is 5.56 Å². The van der Waals surface area contributed by atoms with Gasteiger partial charge in [0.15, 0.2) is 0 Å². The first-order valence-corrected chi connectivity index (χ1v) is 7.50. The van der Waals surface area contributed by atoms with Crippen molar-refractivity contribution in [1.82, 2.24) is 0 Å². The molecule has 0 atom stereocenters. The Morgan fingerprint density at radius 1 is 1.40 bits per heavy atom. The number of hydrogen-bond donors (Lipinski definition) is 2. The lowest BCUT2D eigenvalue weighted by atomic mass is 10.1. The lowest BCUT2D eigenvalue weighted by Gasteiger charge is -2.26. The monoisotopic (exact) mass is 288 g/mol. The standard InChI is InChI=1S/C15H16N2O2S/c16-11-1-4-14(13(7-11)15(18)19)17(12-2-3-12)8-10-5-6-20-9-10/h1,4-7,9,12H,2-3,8,16H2,(H,18,19). The highest BCUT2D eigenvalue weighted by molar-refractivity contribution is 7.07. The fraction of sp³-hybridized carbons (Fsp3) is 0.267. The van der Waals surface area contributed by atoms with E-state index in [4.69, 9.17) is 5.73 Å². The van der Waals surface area contributed by atoms with Crippen LogP contribution in [0, 0.1) is 0 Å². The first kappa shape index (κ1) is 13.0. The Morgan fingerprint density at radius 2 is 2.20 bits per heavy atom. The van der Waals surface area contributed by atoms with Crippen molar-refractivity contribution in [2.24, 2.45) is 0 Å². The highest BCUT2D eigenvalue weighted by Gasteiger charge is 2.31. The van der Waals surface area contributed by atoms with E-state index < -0.39 is 5.97 Å². The van der Waals surface area contributed by atoms with E-state index in [1.807, 2.05) is 11.4 Å². The second-order valence-corrected chi connectivity index (χ2v) is 5.85. The first-order valence-electron chi connectivity index (χ1n) is 6.55. The summed E-state index contributed by atoms with van der Waals surface area (Å²) in [6.07, 6.45) is 2.24. The molecular formula is C15H16N2O2S. The van der Waals surface area contributed by atoms with Crippen LogP contribution >= 0.6 is 11.3 Å². The van der Waals surface area contributed by atoms with Crippen LogP contribution in [-0.4, -0.2) is 17.1 Å². The van der Waals surface area contributed by atoms with Gasteiger partial charge in [-0.25, -0.2) is 4.79 Å². The van der Waals surface area contributed by atoms with Gasteiger partial charge in [-0.3, -0.25) is 0 Å². The summed E-state index contributed by atoms with van der Waals surface area (Å²) in [6, 6.07) is 7.66. The molecule has 104 valence electrons. The van der Waals surface area contributed by atoms with Crippen LogP contribution < -0.4 is 10.6 Å². The molecule has 0 amide bonds. The maximum absolute atomic E-state index is 11.4. The fourth-order valence-electron chi connectivity index (χ4n) is 2.35. The van der Waals surface area contributed by atoms with Gasteiger partial charge in [-0.1, -0.05) is 0 Å². The normalized spacial score (nSPS) is 14.2. The summed E-state index contributed by atoms with van der Waals surface area (Å²) in [6.45, 7) is 0.748. The molecule has 1 aliphatic carbocycles. The summed E-state index contributed by atoms with van der Waals surface area (Å²) in [5.41, 5.74) is 8.46. The largest absolute Gasteiger partial charge is 0.478 e. The van der Waals surface area contributed by atoms with Crippen LogP contribution in [0.15, 0.2) is 35.0 Å². The lowest BCUT2D eigenvalue weighted by Crippen LogP contribution is -2.26. The number of hydrogen-bond acceptors (Lipinski definition) is 4. The molecule has 1 aromatic heterocycles. The lowest BCUT2D eigenvalue weighted by molar-refractivity contribution is 0.0697. The highest BCUT2D eigenvalue weighted by atomic mass is 32.1. The van der Waals surface area contributed by atoms with Crippen LogP contribution in [0.25, 0.3) is 0 Å². The minimum atomic E-state index is -0.928. The summed E-state index contributed by atoms with van der Waals surface area (Å²) in [4.78, 5) is 13.6. The van der Waals surface area contributed by atoms with E-state index in [0.29, 0.717) is 11.7 Å². The maximum Gasteiger partial charge on any atom is 0.337 e. The van der Waals surface area contributed by atoms with E-state index in [0.717, 1.165) is 25.1 Å². The summed E-state index contributed by atoms with van der Waals surface area (Å²) >= 11 is 1.66. The summed E-state index contributed by atoms with van der Waals surface area (Å²) in [7, 11) is 0. The molecule has 3 N–H and O–H groups in total. The van der Waals surface area contributed by atoms with Crippen LogP contribution in [0.4, 0.5) is 11.4 Å². The molecule has 0 unspecified atom stereocenters. The van der Waals surface area contributed by atoms with Crippen molar-refractivity contribution in [3.05, 3.63) is 46.2 Å². The van der Waals surface area contributed by atoms with Gasteiger partial charge in [-0.05, 0) is 53.4 Å². The van der Waals surface area contributed by atoms with Crippen LogP contribution in [0.3, 0.4) is 0 Å². The Labute approximate surface area is 121 Å². The van der Waals surface area contributed by atoms with Gasteiger partial charge in [0.1, 0.15) is 0 Å². The number of benzene rings is 1. The van der Waals surface area contributed by atoms with Gasteiger partial charge in [-0.2, -0.15) is 11.3 Å². The van der Waals surface area contributed by atoms with E-state index >= 15 is 0 Å². The van der Waals surface area contributed by atoms with E-state index in [9.17, 15) is 9.90 Å². The molecule has 0 radical (unpaired) electrons. The van der Waals surface area contributed by atoms with Crippen molar-refractivity contribution in [3.63, 3.8) is 0 Å². The minimum absolute atomic E-state index is 0.284. The summed E-state index contributed by atoms with van der Waals surface area (Å²) in [5.74, 6) is -0.928. The smallest absolute Gasteiger partial charge is 0.337 e. The zero-order valence-corrected chi connectivity index (χ0v) is 11.8. The van der Waals surface area contributed by atoms with Crippen molar-refractivity contribution in [2.75, 3.05) is 10.6 Å². The molecule has 0 bridgehead atoms. The fourth-order valence-corrected chi connectivity index (χ4v) is 3.01. The van der Waals surface area contributed by atoms with Crippen molar-refractivity contribution >= 4 is 28.7 Å². The predicted octanol–water partition coefficient (Wildman–Crippen LogP) is 3.20. The Bertz CT molecular complexity index is 621. The van der Waals surface area contributed by atoms with Gasteiger partial charge in [-0.15, -0.1) is 0 Å². The Hall–Kier alpha value is -2.01. The molecule has 1 aliphatic rings. The molecule has 0 spiro atoms. The first-order chi connectivity index (χ1) is 9.65. The van der Waals surface area contributed by atoms with Gasteiger partial charge < -0.3 is 15.7 Å². The molecule has 3 rings (SSSR count). The molecule has 1 heterocycles. The van der Waals surface area contributed by atoms with Crippen molar-refractivity contribution in [2.45, 2.75) is 25.4 Å². The van der Waals surface area contributed by atoms with Gasteiger partial charge >= 0.3 is 5.97 Å². The van der Waals surface area contributed by atoms with Gasteiger partial charge in [0.05, 0.1) is 11.3 Å². The molecule has 1 aromatic carbocycles. The molecule has 0 saturated heterocycles. The second kappa shape index (κ2) is 5.17. The molecule has 1 fully saturated rings. The molecule has 20 heavy (non-hydrogen) atoms. The molecule has 0 aliphatic heterocycles. The van der Waals surface area contributed by atoms with Crippen LogP contribution in [0.2, 0.25) is 0 Å². The van der Waals surface area contributed by atoms with Gasteiger partial charge in [0.25, 0.3) is 0 Å². The van der Waals surface area contributed by atoms with Gasteiger partial charge in [0.2, 0.25) is 0 Å². The van der Waals surface area contributed by atoms with E-state index in [2.05, 4.69) is 16.3 Å². The number of nitrogens with two attached hydrogens (primary N) is 1. The zero-order chi connectivity index (χ0) is 14.1. The van der Waals surface area contributed by atoms with E-state index in [1.54, 1.807) is 23.5 Å². The average molecular weight is 288 g/mol. The SMILES string of the molecule is Nc1ccc(N(Cc2ccsc2)C2CC2)c(C(=O)O)c1. The molecule has 1 saturated carbocycles. The molecular weight excluding hydrogens is 272 g/mol. The third-order valence-corrected chi connectivity index (χ3v) is 4.21. The van der Waals surface area contributed by atoms with Crippen LogP contribution in [0.1, 0.15) is 28.8 Å². The molecule has 2 aromatic rings. The highest BCUT2D eigenvalue weighted by Crippen LogP contribution is 2.36. The number of nitrogen functional groups attached to an aromatic ring is 1. The predicted molar refractivity (Wildman–Crippen MR) is 81.3 cm³/mol. The maximum atomic E-state index is 11.4. The minimum Gasteiger partial charge on any atom is -0.478 e. The number of rotatable bonds is 5. The topological polar surface area (TPSA) is 66.6 Å². The van der Waals surface area contributed by atoms with E-state index in [-0.39, 0.29) is 5.56 Å². The number of carbonyl (C=O) groups is 1. The van der Waals surface area contributed by atoms with Crippen LogP contribution in [0.5, 0.6) is 0 Å². The summed E-state index contributed by atoms with van der Waals surface area (Å²) < 4.78 is 0. The third-order valence-electron chi connectivity index (χ3n) is 3.48. The summed E-state index contributed by atoms with van der Waals surface area (Å²) in [5, 5.41) is 13.5. The quantitative estimate of drug-likeness (QED) is 0.829. The number of anilines is 2. The Morgan fingerprint density at radius 3 is 2.80 bits per heavy atom. The average Bonchev–Trinajstić information content (AvgIpc) is 3.13. The van der Waals surface area contributed by atoms with Crippen molar-refractivity contribution in [1.29, 1.82) is 0 Å². The Kier molecular flexibility index (Phi) is 3.36. The number of thiophene rings is 1.